The van der Waals surface area contributed by atoms with Gasteiger partial charge in [-0.1, -0.05) is 30.3 Å². The monoisotopic (exact) mass is 581 g/mol. The van der Waals surface area contributed by atoms with Gasteiger partial charge in [0, 0.05) is 31.5 Å². The summed E-state index contributed by atoms with van der Waals surface area (Å²) in [5.41, 5.74) is 1.62. The quantitative estimate of drug-likeness (QED) is 0.451. The lowest BCUT2D eigenvalue weighted by Crippen LogP contribution is -2.54. The van der Waals surface area contributed by atoms with Crippen LogP contribution >= 0.6 is 0 Å². The smallest absolute Gasteiger partial charge is 0.480 e. The van der Waals surface area contributed by atoms with E-state index in [-0.39, 0.29) is 11.9 Å². The molecule has 0 saturated carbocycles. The fourth-order valence-corrected chi connectivity index (χ4v) is 3.48. The Bertz CT molecular complexity index is 1110. The molecule has 1 aliphatic rings. The molecule has 1 aromatic carbocycles. The Morgan fingerprint density at radius 1 is 0.925 bits per heavy atom. The van der Waals surface area contributed by atoms with Gasteiger partial charge in [0.1, 0.15) is 6.04 Å². The Labute approximate surface area is 223 Å². The molecular weight excluding hydrogens is 556 g/mol. The number of alkyl halides is 6. The van der Waals surface area contributed by atoms with Gasteiger partial charge in [-0.3, -0.25) is 14.7 Å². The second-order valence-corrected chi connectivity index (χ2v) is 8.28. The summed E-state index contributed by atoms with van der Waals surface area (Å²) in [6.45, 7) is 1.18. The van der Waals surface area contributed by atoms with E-state index < -0.39 is 36.3 Å². The highest BCUT2D eigenvalue weighted by Crippen LogP contribution is 2.24. The minimum absolute atomic E-state index is 0.120. The van der Waals surface area contributed by atoms with E-state index in [4.69, 9.17) is 19.8 Å². The second kappa shape index (κ2) is 14.8. The number of carboxylic acid groups (broad SMARTS) is 3. The number of carbonyl (C=O) groups excluding carboxylic acids is 1. The predicted octanol–water partition coefficient (Wildman–Crippen LogP) is 3.54. The highest BCUT2D eigenvalue weighted by molar-refractivity contribution is 5.96. The lowest BCUT2D eigenvalue weighted by molar-refractivity contribution is -0.193. The average molecular weight is 581 g/mol. The molecular formula is C24H25F6N3O7. The van der Waals surface area contributed by atoms with Crippen molar-refractivity contribution in [1.29, 1.82) is 0 Å². The normalized spacial score (nSPS) is 17.1. The topological polar surface area (TPSA) is 148 Å². The zero-order valence-electron chi connectivity index (χ0n) is 20.8. The molecule has 2 atom stereocenters. The maximum Gasteiger partial charge on any atom is 0.490 e. The summed E-state index contributed by atoms with van der Waals surface area (Å²) in [7, 11) is 2.01. The highest BCUT2D eigenvalue weighted by Gasteiger charge is 2.39. The molecule has 1 aliphatic heterocycles. The fraction of sp³-hybridized carbons (Fsp3) is 0.375. The van der Waals surface area contributed by atoms with Gasteiger partial charge in [0.25, 0.3) is 5.91 Å². The van der Waals surface area contributed by atoms with Gasteiger partial charge in [0.05, 0.1) is 5.56 Å². The van der Waals surface area contributed by atoms with Crippen molar-refractivity contribution in [3.63, 3.8) is 0 Å². The van der Waals surface area contributed by atoms with Crippen molar-refractivity contribution >= 4 is 23.8 Å². The molecule has 3 rings (SSSR count). The van der Waals surface area contributed by atoms with Gasteiger partial charge in [-0.2, -0.15) is 26.3 Å². The van der Waals surface area contributed by atoms with Crippen molar-refractivity contribution in [3.8, 4) is 0 Å². The number of benzene rings is 1. The van der Waals surface area contributed by atoms with Crippen LogP contribution in [-0.2, 0) is 20.9 Å². The number of carboxylic acids is 3. The molecule has 0 bridgehead atoms. The number of piperidine rings is 1. The first-order valence-corrected chi connectivity index (χ1v) is 11.2. The molecule has 2 unspecified atom stereocenters. The first kappa shape index (κ1) is 33.8. The van der Waals surface area contributed by atoms with Crippen LogP contribution in [0.15, 0.2) is 54.9 Å². The van der Waals surface area contributed by atoms with Gasteiger partial charge in [-0.05, 0) is 37.6 Å². The molecule has 10 nitrogen and oxygen atoms in total. The van der Waals surface area contributed by atoms with Gasteiger partial charge in [0.15, 0.2) is 0 Å². The number of hydrogen-bond acceptors (Lipinski definition) is 6. The zero-order chi connectivity index (χ0) is 30.7. The number of likely N-dealkylation sites (tertiary alicyclic amines) is 1. The van der Waals surface area contributed by atoms with E-state index in [1.165, 1.54) is 16.7 Å². The average Bonchev–Trinajstić information content (AvgIpc) is 2.88. The molecule has 0 aliphatic carbocycles. The summed E-state index contributed by atoms with van der Waals surface area (Å²) in [5.74, 6) is -6.74. The number of carbonyl (C=O) groups is 4. The molecule has 220 valence electrons. The number of nitrogens with zero attached hydrogens (tertiary/aromatic N) is 3. The Kier molecular flexibility index (Phi) is 12.5. The molecule has 2 aromatic rings. The Balaban J connectivity index is 0.000000473. The molecule has 1 aromatic heterocycles. The van der Waals surface area contributed by atoms with Crippen LogP contribution in [0.1, 0.15) is 28.8 Å². The van der Waals surface area contributed by atoms with E-state index in [1.807, 2.05) is 25.2 Å². The first-order valence-electron chi connectivity index (χ1n) is 11.2. The minimum atomic E-state index is -5.08. The van der Waals surface area contributed by atoms with Gasteiger partial charge in [-0.15, -0.1) is 0 Å². The van der Waals surface area contributed by atoms with Crippen molar-refractivity contribution in [2.75, 3.05) is 13.6 Å². The summed E-state index contributed by atoms with van der Waals surface area (Å²) < 4.78 is 63.5. The van der Waals surface area contributed by atoms with E-state index in [0.29, 0.717) is 18.5 Å². The molecule has 3 N–H and O–H groups in total. The van der Waals surface area contributed by atoms with Crippen LogP contribution < -0.4 is 0 Å². The third-order valence-electron chi connectivity index (χ3n) is 5.41. The van der Waals surface area contributed by atoms with Crippen molar-refractivity contribution in [1.82, 2.24) is 14.8 Å². The van der Waals surface area contributed by atoms with Crippen LogP contribution in [0, 0.1) is 0 Å². The Morgan fingerprint density at radius 3 is 1.88 bits per heavy atom. The number of hydrogen-bond donors (Lipinski definition) is 3. The van der Waals surface area contributed by atoms with E-state index in [9.17, 15) is 41.0 Å². The predicted molar refractivity (Wildman–Crippen MR) is 125 cm³/mol. The molecule has 40 heavy (non-hydrogen) atoms. The number of aliphatic carboxylic acids is 3. The zero-order valence-corrected chi connectivity index (χ0v) is 20.8. The highest BCUT2D eigenvalue weighted by atomic mass is 19.4. The molecule has 0 spiro atoms. The molecule has 2 heterocycles. The van der Waals surface area contributed by atoms with E-state index in [1.54, 1.807) is 18.3 Å². The van der Waals surface area contributed by atoms with Gasteiger partial charge >= 0.3 is 30.3 Å². The van der Waals surface area contributed by atoms with Gasteiger partial charge in [-0.25, -0.2) is 14.4 Å². The third kappa shape index (κ3) is 11.3. The van der Waals surface area contributed by atoms with Gasteiger partial charge < -0.3 is 20.2 Å². The SMILES string of the molecule is CN(Cc1ccccc1)C1CCN(C(=O)c2cccnc2)C(C(=O)O)C1.O=C(O)C(F)(F)F.O=C(O)C(F)(F)F. The number of rotatable bonds is 5. The molecule has 1 fully saturated rings. The van der Waals surface area contributed by atoms with Crippen LogP contribution in [0.4, 0.5) is 26.3 Å². The van der Waals surface area contributed by atoms with Crippen molar-refractivity contribution < 1.29 is 60.8 Å². The van der Waals surface area contributed by atoms with Crippen LogP contribution in [-0.4, -0.2) is 91.9 Å². The number of amides is 1. The number of halogens is 6. The largest absolute Gasteiger partial charge is 0.490 e. The Morgan fingerprint density at radius 2 is 1.45 bits per heavy atom. The summed E-state index contributed by atoms with van der Waals surface area (Å²) in [6, 6.07) is 12.8. The molecule has 16 heteroatoms. The summed E-state index contributed by atoms with van der Waals surface area (Å²) in [5, 5.41) is 23.9. The number of aromatic nitrogens is 1. The number of pyridine rings is 1. The van der Waals surface area contributed by atoms with Crippen LogP contribution in [0.2, 0.25) is 0 Å². The summed E-state index contributed by atoms with van der Waals surface area (Å²) in [6.07, 6.45) is -5.92. The molecule has 1 amide bonds. The lowest BCUT2D eigenvalue weighted by atomic mass is 9.95. The summed E-state index contributed by atoms with van der Waals surface area (Å²) in [4.78, 5) is 49.9. The first-order chi connectivity index (χ1) is 18.4. The second-order valence-electron chi connectivity index (χ2n) is 8.28. The maximum absolute atomic E-state index is 12.7. The standard InChI is InChI=1S/C20H23N3O3.2C2HF3O2/c1-22(14-15-6-3-2-4-7-15)17-9-11-23(18(12-17)20(25)26)19(24)16-8-5-10-21-13-16;2*3-2(4,5)1(6)7/h2-8,10,13,17-18H,9,11-12,14H2,1H3,(H,25,26);2*(H,6,7). The van der Waals surface area contributed by atoms with E-state index in [2.05, 4.69) is 22.0 Å². The Hall–Kier alpha value is -4.21. The van der Waals surface area contributed by atoms with Crippen LogP contribution in [0.3, 0.4) is 0 Å². The van der Waals surface area contributed by atoms with E-state index in [0.717, 1.165) is 13.0 Å². The minimum Gasteiger partial charge on any atom is -0.480 e. The van der Waals surface area contributed by atoms with E-state index >= 15 is 0 Å². The third-order valence-corrected chi connectivity index (χ3v) is 5.41. The van der Waals surface area contributed by atoms with Crippen molar-refractivity contribution in [2.24, 2.45) is 0 Å². The van der Waals surface area contributed by atoms with Gasteiger partial charge in [0.2, 0.25) is 0 Å². The lowest BCUT2D eigenvalue weighted by Gasteiger charge is -2.40. The molecule has 1 saturated heterocycles. The van der Waals surface area contributed by atoms with Crippen LogP contribution in [0.5, 0.6) is 0 Å². The maximum atomic E-state index is 12.7. The van der Waals surface area contributed by atoms with Crippen LogP contribution in [0.25, 0.3) is 0 Å². The summed E-state index contributed by atoms with van der Waals surface area (Å²) >= 11 is 0. The van der Waals surface area contributed by atoms with Crippen molar-refractivity contribution in [3.05, 3.63) is 66.0 Å². The fourth-order valence-electron chi connectivity index (χ4n) is 3.48. The molecule has 0 radical (unpaired) electrons. The van der Waals surface area contributed by atoms with Crippen molar-refractivity contribution in [2.45, 2.75) is 43.8 Å².